The summed E-state index contributed by atoms with van der Waals surface area (Å²) in [6, 6.07) is 18.5. The third-order valence-electron chi connectivity index (χ3n) is 4.20. The molecule has 1 N–H and O–H groups in total. The van der Waals surface area contributed by atoms with Gasteiger partial charge >= 0.3 is 12.1 Å². The van der Waals surface area contributed by atoms with Crippen LogP contribution in [0, 0.1) is 0 Å². The Balaban J connectivity index is 1.66. The summed E-state index contributed by atoms with van der Waals surface area (Å²) in [6.07, 6.45) is 0.964. The van der Waals surface area contributed by atoms with Crippen molar-refractivity contribution in [3.05, 3.63) is 82.9 Å². The van der Waals surface area contributed by atoms with E-state index in [-0.39, 0.29) is 11.7 Å². The van der Waals surface area contributed by atoms with Crippen molar-refractivity contribution in [2.24, 2.45) is 4.99 Å². The minimum Gasteiger partial charge on any atom is -0.493 e. The highest BCUT2D eigenvalue weighted by molar-refractivity contribution is 6.30. The number of hydrogen-bond acceptors (Lipinski definition) is 6. The van der Waals surface area contributed by atoms with Crippen molar-refractivity contribution in [2.75, 3.05) is 19.0 Å². The van der Waals surface area contributed by atoms with Crippen LogP contribution < -0.4 is 14.8 Å². The fraction of sp³-hybridized carbons (Fsp3) is 0.125. The van der Waals surface area contributed by atoms with Gasteiger partial charge in [0.1, 0.15) is 0 Å². The van der Waals surface area contributed by atoms with Gasteiger partial charge in [0.05, 0.1) is 25.0 Å². The number of carbonyl (C=O) groups excluding carboxylic acids is 2. The standard InChI is InChI=1S/C24H21ClN2O5/c1-3-31-23(28)17-8-10-19(11-9-17)26-15-16-7-12-21(22(13-16)30-2)32-24(29)27-20-6-4-5-18(25)14-20/h4-15H,3H2,1-2H3,(H,27,29). The summed E-state index contributed by atoms with van der Waals surface area (Å²) in [4.78, 5) is 28.3. The lowest BCUT2D eigenvalue weighted by atomic mass is 10.2. The van der Waals surface area contributed by atoms with Crippen molar-refractivity contribution in [1.82, 2.24) is 0 Å². The minimum absolute atomic E-state index is 0.253. The quantitative estimate of drug-likeness (QED) is 0.357. The SMILES string of the molecule is CCOC(=O)c1ccc(N=Cc2ccc(OC(=O)Nc3cccc(Cl)c3)c(OC)c2)cc1. The second-order valence-electron chi connectivity index (χ2n) is 6.46. The van der Waals surface area contributed by atoms with Crippen LogP contribution in [-0.2, 0) is 4.74 Å². The van der Waals surface area contributed by atoms with Crippen LogP contribution in [0.5, 0.6) is 11.5 Å². The normalized spacial score (nSPS) is 10.6. The molecule has 3 rings (SSSR count). The predicted molar refractivity (Wildman–Crippen MR) is 124 cm³/mol. The number of aliphatic imine (C=N–C) groups is 1. The van der Waals surface area contributed by atoms with E-state index in [1.807, 2.05) is 0 Å². The summed E-state index contributed by atoms with van der Waals surface area (Å²) in [5.41, 5.74) is 2.38. The van der Waals surface area contributed by atoms with Crippen LogP contribution in [0.25, 0.3) is 0 Å². The molecule has 0 aliphatic heterocycles. The molecule has 0 unspecified atom stereocenters. The van der Waals surface area contributed by atoms with Gasteiger partial charge < -0.3 is 14.2 Å². The van der Waals surface area contributed by atoms with Crippen LogP contribution in [0.4, 0.5) is 16.2 Å². The highest BCUT2D eigenvalue weighted by Gasteiger charge is 2.11. The summed E-state index contributed by atoms with van der Waals surface area (Å²) in [6.45, 7) is 2.08. The lowest BCUT2D eigenvalue weighted by Crippen LogP contribution is -2.17. The van der Waals surface area contributed by atoms with Crippen LogP contribution in [0.15, 0.2) is 71.7 Å². The van der Waals surface area contributed by atoms with E-state index in [0.29, 0.717) is 34.3 Å². The monoisotopic (exact) mass is 452 g/mol. The Morgan fingerprint density at radius 1 is 1.03 bits per heavy atom. The molecular formula is C24H21ClN2O5. The Hall–Kier alpha value is -3.84. The number of ether oxygens (including phenoxy) is 3. The van der Waals surface area contributed by atoms with Gasteiger partial charge in [-0.05, 0) is 73.2 Å². The topological polar surface area (TPSA) is 86.2 Å². The number of esters is 1. The van der Waals surface area contributed by atoms with E-state index in [2.05, 4.69) is 10.3 Å². The molecule has 7 nitrogen and oxygen atoms in total. The molecule has 0 heterocycles. The predicted octanol–water partition coefficient (Wildman–Crippen LogP) is 5.89. The first kappa shape index (κ1) is 22.8. The van der Waals surface area contributed by atoms with E-state index >= 15 is 0 Å². The van der Waals surface area contributed by atoms with E-state index in [1.165, 1.54) is 7.11 Å². The third kappa shape index (κ3) is 6.33. The lowest BCUT2D eigenvalue weighted by molar-refractivity contribution is 0.0526. The Kier molecular flexibility index (Phi) is 7.83. The maximum absolute atomic E-state index is 12.2. The molecule has 0 aromatic heterocycles. The second-order valence-corrected chi connectivity index (χ2v) is 6.90. The number of rotatable bonds is 7. The number of hydrogen-bond donors (Lipinski definition) is 1. The van der Waals surface area contributed by atoms with Gasteiger partial charge in [-0.2, -0.15) is 0 Å². The van der Waals surface area contributed by atoms with E-state index in [9.17, 15) is 9.59 Å². The summed E-state index contributed by atoms with van der Waals surface area (Å²) < 4.78 is 15.6. The molecule has 164 valence electrons. The molecule has 0 aliphatic rings. The Labute approximate surface area is 190 Å². The van der Waals surface area contributed by atoms with Crippen molar-refractivity contribution in [2.45, 2.75) is 6.92 Å². The summed E-state index contributed by atoms with van der Waals surface area (Å²) in [5.74, 6) is 0.249. The maximum Gasteiger partial charge on any atom is 0.417 e. The summed E-state index contributed by atoms with van der Waals surface area (Å²) in [7, 11) is 1.48. The fourth-order valence-corrected chi connectivity index (χ4v) is 2.90. The molecule has 1 amide bonds. The van der Waals surface area contributed by atoms with Crippen molar-refractivity contribution in [1.29, 1.82) is 0 Å². The Bertz CT molecular complexity index is 1130. The van der Waals surface area contributed by atoms with Crippen molar-refractivity contribution >= 4 is 41.3 Å². The van der Waals surface area contributed by atoms with Crippen molar-refractivity contribution < 1.29 is 23.8 Å². The lowest BCUT2D eigenvalue weighted by Gasteiger charge is -2.11. The van der Waals surface area contributed by atoms with Gasteiger partial charge in [-0.1, -0.05) is 17.7 Å². The zero-order valence-corrected chi connectivity index (χ0v) is 18.3. The van der Waals surface area contributed by atoms with Crippen LogP contribution in [-0.4, -0.2) is 32.0 Å². The number of anilines is 1. The summed E-state index contributed by atoms with van der Waals surface area (Å²) >= 11 is 5.92. The zero-order valence-electron chi connectivity index (χ0n) is 17.5. The number of amides is 1. The smallest absolute Gasteiger partial charge is 0.417 e. The Morgan fingerprint density at radius 2 is 1.81 bits per heavy atom. The Morgan fingerprint density at radius 3 is 2.50 bits per heavy atom. The summed E-state index contributed by atoms with van der Waals surface area (Å²) in [5, 5.41) is 3.10. The molecule has 0 aliphatic carbocycles. The first-order valence-electron chi connectivity index (χ1n) is 9.72. The van der Waals surface area contributed by atoms with Gasteiger partial charge in [-0.15, -0.1) is 0 Å². The van der Waals surface area contributed by atoms with Crippen molar-refractivity contribution in [3.63, 3.8) is 0 Å². The van der Waals surface area contributed by atoms with E-state index < -0.39 is 6.09 Å². The van der Waals surface area contributed by atoms with Crippen LogP contribution in [0.1, 0.15) is 22.8 Å². The molecule has 3 aromatic carbocycles. The fourth-order valence-electron chi connectivity index (χ4n) is 2.71. The number of halogens is 1. The largest absolute Gasteiger partial charge is 0.493 e. The number of carbonyl (C=O) groups is 2. The molecule has 0 bridgehead atoms. The number of benzene rings is 3. The average molecular weight is 453 g/mol. The zero-order chi connectivity index (χ0) is 22.9. The van der Waals surface area contributed by atoms with E-state index in [0.717, 1.165) is 5.56 Å². The van der Waals surface area contributed by atoms with Crippen molar-refractivity contribution in [3.8, 4) is 11.5 Å². The van der Waals surface area contributed by atoms with Crippen LogP contribution >= 0.6 is 11.6 Å². The van der Waals surface area contributed by atoms with Gasteiger partial charge in [-0.25, -0.2) is 9.59 Å². The molecule has 0 spiro atoms. The number of nitrogens with zero attached hydrogens (tertiary/aromatic N) is 1. The number of nitrogens with one attached hydrogen (secondary N) is 1. The van der Waals surface area contributed by atoms with Crippen LogP contribution in [0.3, 0.4) is 0 Å². The molecule has 32 heavy (non-hydrogen) atoms. The van der Waals surface area contributed by atoms with E-state index in [4.69, 9.17) is 25.8 Å². The molecule has 0 saturated carbocycles. The van der Waals surface area contributed by atoms with Gasteiger partial charge in [-0.3, -0.25) is 10.3 Å². The van der Waals surface area contributed by atoms with Gasteiger partial charge in [0, 0.05) is 16.9 Å². The number of methoxy groups -OCH3 is 1. The van der Waals surface area contributed by atoms with Gasteiger partial charge in [0.15, 0.2) is 11.5 Å². The third-order valence-corrected chi connectivity index (χ3v) is 4.44. The van der Waals surface area contributed by atoms with E-state index in [1.54, 1.807) is 79.9 Å². The first-order chi connectivity index (χ1) is 15.5. The molecule has 0 atom stereocenters. The second kappa shape index (κ2) is 11.0. The highest BCUT2D eigenvalue weighted by atomic mass is 35.5. The molecule has 0 radical (unpaired) electrons. The highest BCUT2D eigenvalue weighted by Crippen LogP contribution is 2.28. The average Bonchev–Trinajstić information content (AvgIpc) is 2.79. The molecule has 8 heteroatoms. The van der Waals surface area contributed by atoms with Crippen LogP contribution in [0.2, 0.25) is 5.02 Å². The molecular weight excluding hydrogens is 432 g/mol. The van der Waals surface area contributed by atoms with Gasteiger partial charge in [0.25, 0.3) is 0 Å². The van der Waals surface area contributed by atoms with Gasteiger partial charge in [0.2, 0.25) is 0 Å². The first-order valence-corrected chi connectivity index (χ1v) is 10.1. The maximum atomic E-state index is 12.2. The molecule has 0 saturated heterocycles. The molecule has 0 fully saturated rings. The minimum atomic E-state index is -0.673. The molecule has 3 aromatic rings.